The van der Waals surface area contributed by atoms with Gasteiger partial charge in [-0.3, -0.25) is 9.59 Å². The number of carbonyl (C=O) groups excluding carboxylic acids is 2. The minimum atomic E-state index is -0.0879. The fourth-order valence-electron chi connectivity index (χ4n) is 3.55. The zero-order valence-corrected chi connectivity index (χ0v) is 14.4. The van der Waals surface area contributed by atoms with Gasteiger partial charge in [-0.2, -0.15) is 0 Å². The molecule has 0 spiro atoms. The average Bonchev–Trinajstić information content (AvgIpc) is 2.63. The number of hydrogen-bond acceptors (Lipinski definition) is 3. The van der Waals surface area contributed by atoms with E-state index in [0.717, 1.165) is 50.9 Å². The van der Waals surface area contributed by atoms with Crippen molar-refractivity contribution < 1.29 is 9.59 Å². The molecule has 5 nitrogen and oxygen atoms in total. The third-order valence-electron chi connectivity index (χ3n) is 5.02. The van der Waals surface area contributed by atoms with Gasteiger partial charge in [-0.15, -0.1) is 0 Å². The first-order valence-corrected chi connectivity index (χ1v) is 9.00. The number of nitrogens with one attached hydrogen (secondary N) is 2. The van der Waals surface area contributed by atoms with Gasteiger partial charge < -0.3 is 15.5 Å². The highest BCUT2D eigenvalue weighted by atomic mass is 16.2. The van der Waals surface area contributed by atoms with Crippen molar-refractivity contribution in [3.8, 4) is 0 Å². The number of amides is 2. The molecule has 0 bridgehead atoms. The number of nitrogens with zero attached hydrogens (tertiary/aromatic N) is 1. The molecule has 2 fully saturated rings. The predicted molar refractivity (Wildman–Crippen MR) is 93.8 cm³/mol. The largest absolute Gasteiger partial charge is 0.352 e. The van der Waals surface area contributed by atoms with E-state index in [4.69, 9.17) is 0 Å². The second kappa shape index (κ2) is 7.79. The number of piperidine rings is 2. The number of likely N-dealkylation sites (tertiary alicyclic amines) is 1. The molecular formula is C19H27N3O2. The van der Waals surface area contributed by atoms with Crippen LogP contribution < -0.4 is 10.6 Å². The quantitative estimate of drug-likeness (QED) is 0.887. The van der Waals surface area contributed by atoms with E-state index in [1.54, 1.807) is 0 Å². The van der Waals surface area contributed by atoms with E-state index in [9.17, 15) is 9.59 Å². The van der Waals surface area contributed by atoms with Crippen LogP contribution in [0.25, 0.3) is 0 Å². The first kappa shape index (κ1) is 17.0. The van der Waals surface area contributed by atoms with E-state index < -0.39 is 0 Å². The molecule has 5 heteroatoms. The van der Waals surface area contributed by atoms with E-state index in [1.807, 2.05) is 36.1 Å². The number of hydrogen-bond donors (Lipinski definition) is 2. The molecule has 2 heterocycles. The van der Waals surface area contributed by atoms with Gasteiger partial charge in [0.05, 0.1) is 5.92 Å². The maximum Gasteiger partial charge on any atom is 0.253 e. The van der Waals surface area contributed by atoms with Crippen LogP contribution in [-0.2, 0) is 4.79 Å². The second-order valence-corrected chi connectivity index (χ2v) is 7.01. The van der Waals surface area contributed by atoms with Crippen LogP contribution in [0.15, 0.2) is 24.3 Å². The summed E-state index contributed by atoms with van der Waals surface area (Å²) >= 11 is 0. The Morgan fingerprint density at radius 2 is 1.96 bits per heavy atom. The van der Waals surface area contributed by atoms with Crippen LogP contribution in [0.1, 0.15) is 41.6 Å². The van der Waals surface area contributed by atoms with E-state index in [0.29, 0.717) is 12.1 Å². The van der Waals surface area contributed by atoms with Gasteiger partial charge >= 0.3 is 0 Å². The Balaban J connectivity index is 1.58. The topological polar surface area (TPSA) is 61.4 Å². The molecule has 1 unspecified atom stereocenters. The van der Waals surface area contributed by atoms with Crippen molar-refractivity contribution in [1.29, 1.82) is 0 Å². The minimum absolute atomic E-state index is 0.0341. The van der Waals surface area contributed by atoms with Crippen LogP contribution in [0.3, 0.4) is 0 Å². The highest BCUT2D eigenvalue weighted by molar-refractivity contribution is 5.94. The van der Waals surface area contributed by atoms with E-state index in [1.165, 1.54) is 0 Å². The lowest BCUT2D eigenvalue weighted by atomic mass is 9.95. The van der Waals surface area contributed by atoms with Crippen LogP contribution in [0, 0.1) is 12.8 Å². The molecule has 2 saturated heterocycles. The Kier molecular flexibility index (Phi) is 5.51. The summed E-state index contributed by atoms with van der Waals surface area (Å²) in [6.45, 7) is 5.16. The van der Waals surface area contributed by atoms with Crippen molar-refractivity contribution >= 4 is 11.8 Å². The molecule has 2 N–H and O–H groups in total. The third kappa shape index (κ3) is 4.15. The van der Waals surface area contributed by atoms with Crippen LogP contribution in [-0.4, -0.2) is 48.9 Å². The zero-order chi connectivity index (χ0) is 16.9. The van der Waals surface area contributed by atoms with E-state index in [2.05, 4.69) is 10.6 Å². The molecule has 0 saturated carbocycles. The molecule has 2 amide bonds. The molecule has 0 aliphatic carbocycles. The zero-order valence-electron chi connectivity index (χ0n) is 14.4. The average molecular weight is 329 g/mol. The van der Waals surface area contributed by atoms with Gasteiger partial charge in [-0.1, -0.05) is 17.7 Å². The summed E-state index contributed by atoms with van der Waals surface area (Å²) < 4.78 is 0. The van der Waals surface area contributed by atoms with E-state index >= 15 is 0 Å². The molecule has 0 radical (unpaired) electrons. The number of aryl methyl sites for hydroxylation is 1. The number of benzene rings is 1. The van der Waals surface area contributed by atoms with Crippen molar-refractivity contribution in [1.82, 2.24) is 15.5 Å². The highest BCUT2D eigenvalue weighted by Gasteiger charge is 2.30. The van der Waals surface area contributed by atoms with Crippen molar-refractivity contribution in [3.05, 3.63) is 35.4 Å². The van der Waals surface area contributed by atoms with Gasteiger partial charge in [-0.05, 0) is 51.3 Å². The fourth-order valence-corrected chi connectivity index (χ4v) is 3.55. The first-order valence-electron chi connectivity index (χ1n) is 9.00. The van der Waals surface area contributed by atoms with Crippen LogP contribution in [0.5, 0.6) is 0 Å². The maximum absolute atomic E-state index is 12.7. The van der Waals surface area contributed by atoms with Crippen LogP contribution in [0.2, 0.25) is 0 Å². The van der Waals surface area contributed by atoms with Gasteiger partial charge in [-0.25, -0.2) is 0 Å². The van der Waals surface area contributed by atoms with Gasteiger partial charge in [0.2, 0.25) is 5.91 Å². The van der Waals surface area contributed by atoms with E-state index in [-0.39, 0.29) is 23.8 Å². The third-order valence-corrected chi connectivity index (χ3v) is 5.02. The Bertz CT molecular complexity index is 579. The molecular weight excluding hydrogens is 302 g/mol. The van der Waals surface area contributed by atoms with Gasteiger partial charge in [0, 0.05) is 31.2 Å². The number of rotatable bonds is 3. The molecule has 2 aliphatic heterocycles. The second-order valence-electron chi connectivity index (χ2n) is 7.01. The fraction of sp³-hybridized carbons (Fsp3) is 0.579. The van der Waals surface area contributed by atoms with Crippen molar-refractivity contribution in [2.45, 2.75) is 38.6 Å². The Morgan fingerprint density at radius 3 is 2.67 bits per heavy atom. The smallest absolute Gasteiger partial charge is 0.253 e. The summed E-state index contributed by atoms with van der Waals surface area (Å²) in [6, 6.07) is 7.88. The van der Waals surface area contributed by atoms with Gasteiger partial charge in [0.1, 0.15) is 0 Å². The van der Waals surface area contributed by atoms with Gasteiger partial charge in [0.25, 0.3) is 5.91 Å². The standard InChI is InChI=1S/C19H27N3O2/c1-14-6-8-15(9-7-14)19(24)22-11-3-4-16(13-22)18(23)21-17-5-2-10-20-12-17/h6-9,16-17,20H,2-5,10-13H2,1H3,(H,21,23)/t16?,17-/m0/s1. The molecule has 1 aromatic carbocycles. The lowest BCUT2D eigenvalue weighted by Crippen LogP contribution is -2.51. The summed E-state index contributed by atoms with van der Waals surface area (Å²) in [5.41, 5.74) is 1.85. The van der Waals surface area contributed by atoms with Crippen molar-refractivity contribution in [2.24, 2.45) is 5.92 Å². The minimum Gasteiger partial charge on any atom is -0.352 e. The normalized spacial score (nSPS) is 24.5. The maximum atomic E-state index is 12.7. The van der Waals surface area contributed by atoms with Crippen molar-refractivity contribution in [3.63, 3.8) is 0 Å². The SMILES string of the molecule is Cc1ccc(C(=O)N2CCCC(C(=O)N[C@H]3CCCNC3)C2)cc1. The van der Waals surface area contributed by atoms with Crippen LogP contribution >= 0.6 is 0 Å². The predicted octanol–water partition coefficient (Wildman–Crippen LogP) is 1.72. The summed E-state index contributed by atoms with van der Waals surface area (Å²) in [4.78, 5) is 27.0. The molecule has 0 aromatic heterocycles. The Labute approximate surface area is 143 Å². The molecule has 3 rings (SSSR count). The molecule has 24 heavy (non-hydrogen) atoms. The lowest BCUT2D eigenvalue weighted by molar-refractivity contribution is -0.127. The summed E-state index contributed by atoms with van der Waals surface area (Å²) in [6.07, 6.45) is 3.90. The molecule has 130 valence electrons. The summed E-state index contributed by atoms with van der Waals surface area (Å²) in [5, 5.41) is 6.47. The Hall–Kier alpha value is -1.88. The molecule has 1 aromatic rings. The van der Waals surface area contributed by atoms with Gasteiger partial charge in [0.15, 0.2) is 0 Å². The molecule has 2 aliphatic rings. The lowest BCUT2D eigenvalue weighted by Gasteiger charge is -2.33. The molecule has 2 atom stereocenters. The summed E-state index contributed by atoms with van der Waals surface area (Å²) in [7, 11) is 0. The van der Waals surface area contributed by atoms with Crippen molar-refractivity contribution in [2.75, 3.05) is 26.2 Å². The Morgan fingerprint density at radius 1 is 1.17 bits per heavy atom. The van der Waals surface area contributed by atoms with Crippen LogP contribution in [0.4, 0.5) is 0 Å². The highest BCUT2D eigenvalue weighted by Crippen LogP contribution is 2.19. The first-order chi connectivity index (χ1) is 11.6. The number of carbonyl (C=O) groups is 2. The summed E-state index contributed by atoms with van der Waals surface area (Å²) in [5.74, 6) is 0.0482. The monoisotopic (exact) mass is 329 g/mol.